The lowest BCUT2D eigenvalue weighted by Crippen LogP contribution is -2.51. The molecule has 0 unspecified atom stereocenters. The number of piperazine rings is 1. The van der Waals surface area contributed by atoms with Crippen LogP contribution in [0.15, 0.2) is 29.6 Å². The van der Waals surface area contributed by atoms with Crippen LogP contribution in [0.5, 0.6) is 0 Å². The van der Waals surface area contributed by atoms with E-state index >= 15 is 0 Å². The largest absolute Gasteiger partial charge is 0.340 e. The molecule has 4 rings (SSSR count). The van der Waals surface area contributed by atoms with Crippen molar-refractivity contribution < 1.29 is 9.72 Å². The molecule has 2 aliphatic rings. The minimum absolute atomic E-state index is 0.122. The molecule has 0 bridgehead atoms. The molecule has 2 aliphatic heterocycles. The van der Waals surface area contributed by atoms with E-state index in [1.54, 1.807) is 23.5 Å². The molecule has 1 aromatic heterocycles. The molecule has 2 fully saturated rings. The predicted octanol–water partition coefficient (Wildman–Crippen LogP) is 2.92. The summed E-state index contributed by atoms with van der Waals surface area (Å²) in [6.07, 6.45) is 1.83. The summed E-state index contributed by atoms with van der Waals surface area (Å²) in [6, 6.07) is 6.81. The summed E-state index contributed by atoms with van der Waals surface area (Å²) in [6.45, 7) is 8.53. The fraction of sp³-hybridized carbons (Fsp3) is 0.545. The molecular formula is C22H29N5O3S. The van der Waals surface area contributed by atoms with Gasteiger partial charge >= 0.3 is 0 Å². The summed E-state index contributed by atoms with van der Waals surface area (Å²) in [7, 11) is 0. The SMILES string of the molecule is Cc1nc(CN2CCC(C(=O)N3CCN(Cc4cccc([N+](=O)[O-])c4)CC3)CC2)cs1. The van der Waals surface area contributed by atoms with Crippen LogP contribution in [0, 0.1) is 23.0 Å². The van der Waals surface area contributed by atoms with Gasteiger partial charge in [0.15, 0.2) is 0 Å². The first-order valence-electron chi connectivity index (χ1n) is 10.9. The molecule has 0 aliphatic carbocycles. The first-order chi connectivity index (χ1) is 15.0. The van der Waals surface area contributed by atoms with Crippen molar-refractivity contribution in [3.63, 3.8) is 0 Å². The molecule has 2 saturated heterocycles. The Labute approximate surface area is 186 Å². The summed E-state index contributed by atoms with van der Waals surface area (Å²) >= 11 is 1.69. The standard InChI is InChI=1S/C22H29N5O3S/c1-17-23-20(16-31-17)15-24-7-5-19(6-8-24)22(28)26-11-9-25(10-12-26)14-18-3-2-4-21(13-18)27(29)30/h2-4,13,16,19H,5-12,14-15H2,1H3. The third kappa shape index (κ3) is 5.66. The summed E-state index contributed by atoms with van der Waals surface area (Å²) in [5.41, 5.74) is 2.20. The molecule has 0 N–H and O–H groups in total. The third-order valence-corrected chi connectivity index (χ3v) is 7.02. The van der Waals surface area contributed by atoms with Crippen molar-refractivity contribution >= 4 is 22.9 Å². The zero-order valence-electron chi connectivity index (χ0n) is 17.9. The molecule has 0 radical (unpaired) electrons. The van der Waals surface area contributed by atoms with E-state index < -0.39 is 0 Å². The maximum Gasteiger partial charge on any atom is 0.269 e. The lowest BCUT2D eigenvalue weighted by atomic mass is 9.95. The third-order valence-electron chi connectivity index (χ3n) is 6.20. The Morgan fingerprint density at radius 3 is 2.48 bits per heavy atom. The van der Waals surface area contributed by atoms with E-state index in [0.29, 0.717) is 12.5 Å². The van der Waals surface area contributed by atoms with Crippen LogP contribution in [-0.2, 0) is 17.9 Å². The molecule has 9 heteroatoms. The first-order valence-corrected chi connectivity index (χ1v) is 11.7. The quantitative estimate of drug-likeness (QED) is 0.504. The van der Waals surface area contributed by atoms with Crippen LogP contribution in [0.25, 0.3) is 0 Å². The lowest BCUT2D eigenvalue weighted by Gasteiger charge is -2.38. The zero-order chi connectivity index (χ0) is 21.8. The number of hydrogen-bond donors (Lipinski definition) is 0. The van der Waals surface area contributed by atoms with Crippen LogP contribution in [0.1, 0.15) is 29.1 Å². The van der Waals surface area contributed by atoms with Gasteiger partial charge in [0.05, 0.1) is 15.6 Å². The maximum atomic E-state index is 13.0. The number of hydrogen-bond acceptors (Lipinski definition) is 7. The number of carbonyl (C=O) groups is 1. The number of rotatable bonds is 6. The van der Waals surface area contributed by atoms with Gasteiger partial charge in [0, 0.05) is 62.7 Å². The number of amides is 1. The Morgan fingerprint density at radius 1 is 1.13 bits per heavy atom. The number of aryl methyl sites for hydroxylation is 1. The molecule has 2 aromatic rings. The van der Waals surface area contributed by atoms with Crippen molar-refractivity contribution in [3.8, 4) is 0 Å². The Bertz CT molecular complexity index is 917. The summed E-state index contributed by atoms with van der Waals surface area (Å²) < 4.78 is 0. The van der Waals surface area contributed by atoms with Crippen LogP contribution in [0.4, 0.5) is 5.69 Å². The van der Waals surface area contributed by atoms with Gasteiger partial charge in [0.1, 0.15) is 0 Å². The van der Waals surface area contributed by atoms with Gasteiger partial charge in [0.2, 0.25) is 5.91 Å². The van der Waals surface area contributed by atoms with Crippen molar-refractivity contribution in [2.45, 2.75) is 32.9 Å². The number of nitro benzene ring substituents is 1. The molecule has 0 saturated carbocycles. The van der Waals surface area contributed by atoms with Crippen molar-refractivity contribution in [2.24, 2.45) is 5.92 Å². The monoisotopic (exact) mass is 443 g/mol. The van der Waals surface area contributed by atoms with Crippen molar-refractivity contribution in [3.05, 3.63) is 56.0 Å². The van der Waals surface area contributed by atoms with Crippen LogP contribution in [0.2, 0.25) is 0 Å². The van der Waals surface area contributed by atoms with Crippen LogP contribution in [0.3, 0.4) is 0 Å². The van der Waals surface area contributed by atoms with E-state index in [4.69, 9.17) is 0 Å². The summed E-state index contributed by atoms with van der Waals surface area (Å²) in [5.74, 6) is 0.413. The van der Waals surface area contributed by atoms with Gasteiger partial charge in [-0.3, -0.25) is 24.7 Å². The Kier molecular flexibility index (Phi) is 6.94. The topological polar surface area (TPSA) is 82.8 Å². The highest BCUT2D eigenvalue weighted by atomic mass is 32.1. The minimum Gasteiger partial charge on any atom is -0.340 e. The molecule has 1 aromatic carbocycles. The fourth-order valence-corrected chi connectivity index (χ4v) is 5.06. The van der Waals surface area contributed by atoms with Gasteiger partial charge < -0.3 is 4.90 Å². The Morgan fingerprint density at radius 2 is 1.84 bits per heavy atom. The molecular weight excluding hydrogens is 414 g/mol. The predicted molar refractivity (Wildman–Crippen MR) is 120 cm³/mol. The highest BCUT2D eigenvalue weighted by molar-refractivity contribution is 7.09. The van der Waals surface area contributed by atoms with Gasteiger partial charge in [0.25, 0.3) is 5.69 Å². The normalized spacial score (nSPS) is 18.9. The number of nitro groups is 1. The van der Waals surface area contributed by atoms with Gasteiger partial charge in [-0.2, -0.15) is 0 Å². The van der Waals surface area contributed by atoms with Crippen molar-refractivity contribution in [2.75, 3.05) is 39.3 Å². The number of piperidine rings is 1. The number of aromatic nitrogens is 1. The first kappa shape index (κ1) is 21.9. The van der Waals surface area contributed by atoms with Crippen LogP contribution in [-0.4, -0.2) is 69.8 Å². The van der Waals surface area contributed by atoms with E-state index in [1.165, 1.54) is 6.07 Å². The summed E-state index contributed by atoms with van der Waals surface area (Å²) in [5, 5.41) is 14.2. The molecule has 0 spiro atoms. The second kappa shape index (κ2) is 9.84. The smallest absolute Gasteiger partial charge is 0.269 e. The van der Waals surface area contributed by atoms with Crippen LogP contribution < -0.4 is 0 Å². The van der Waals surface area contributed by atoms with E-state index in [1.807, 2.05) is 17.9 Å². The van der Waals surface area contributed by atoms with Crippen LogP contribution >= 0.6 is 11.3 Å². The fourth-order valence-electron chi connectivity index (χ4n) is 4.46. The van der Waals surface area contributed by atoms with E-state index in [2.05, 4.69) is 20.2 Å². The number of benzene rings is 1. The Hall–Kier alpha value is -2.36. The highest BCUT2D eigenvalue weighted by Crippen LogP contribution is 2.23. The molecule has 3 heterocycles. The van der Waals surface area contributed by atoms with E-state index in [0.717, 1.165) is 74.9 Å². The van der Waals surface area contributed by atoms with E-state index in [-0.39, 0.29) is 16.5 Å². The molecule has 1 amide bonds. The Balaban J connectivity index is 1.21. The van der Waals surface area contributed by atoms with Gasteiger partial charge in [-0.1, -0.05) is 12.1 Å². The van der Waals surface area contributed by atoms with Crippen molar-refractivity contribution in [1.82, 2.24) is 19.7 Å². The zero-order valence-corrected chi connectivity index (χ0v) is 18.7. The van der Waals surface area contributed by atoms with Gasteiger partial charge in [-0.05, 0) is 38.4 Å². The number of nitrogens with zero attached hydrogens (tertiary/aromatic N) is 5. The summed E-state index contributed by atoms with van der Waals surface area (Å²) in [4.78, 5) is 34.8. The maximum absolute atomic E-state index is 13.0. The second-order valence-electron chi connectivity index (χ2n) is 8.44. The van der Waals surface area contributed by atoms with Crippen molar-refractivity contribution in [1.29, 1.82) is 0 Å². The number of thiazole rings is 1. The number of carbonyl (C=O) groups excluding carboxylic acids is 1. The molecule has 166 valence electrons. The number of likely N-dealkylation sites (tertiary alicyclic amines) is 1. The van der Waals surface area contributed by atoms with Gasteiger partial charge in [-0.15, -0.1) is 11.3 Å². The van der Waals surface area contributed by atoms with E-state index in [9.17, 15) is 14.9 Å². The average molecular weight is 444 g/mol. The molecule has 31 heavy (non-hydrogen) atoms. The average Bonchev–Trinajstić information content (AvgIpc) is 3.19. The van der Waals surface area contributed by atoms with Gasteiger partial charge in [-0.25, -0.2) is 4.98 Å². The molecule has 8 nitrogen and oxygen atoms in total. The highest BCUT2D eigenvalue weighted by Gasteiger charge is 2.30. The molecule has 0 atom stereocenters. The lowest BCUT2D eigenvalue weighted by molar-refractivity contribution is -0.384. The second-order valence-corrected chi connectivity index (χ2v) is 9.50. The minimum atomic E-state index is -0.358. The number of non-ortho nitro benzene ring substituents is 1.